The van der Waals surface area contributed by atoms with Gasteiger partial charge in [0.25, 0.3) is 0 Å². The summed E-state index contributed by atoms with van der Waals surface area (Å²) in [6, 6.07) is 7.07. The Morgan fingerprint density at radius 3 is 2.58 bits per heavy atom. The lowest BCUT2D eigenvalue weighted by molar-refractivity contribution is 0.189. The Kier molecular flexibility index (Phi) is 4.62. The van der Waals surface area contributed by atoms with Crippen LogP contribution in [-0.4, -0.2) is 12.1 Å². The molecule has 19 heavy (non-hydrogen) atoms. The van der Waals surface area contributed by atoms with E-state index in [0.717, 1.165) is 24.4 Å². The van der Waals surface area contributed by atoms with Crippen LogP contribution in [0.1, 0.15) is 45.6 Å². The Morgan fingerprint density at radius 1 is 1.32 bits per heavy atom. The van der Waals surface area contributed by atoms with Crippen molar-refractivity contribution in [3.05, 3.63) is 35.6 Å². The van der Waals surface area contributed by atoms with Gasteiger partial charge in [0.15, 0.2) is 0 Å². The lowest BCUT2D eigenvalue weighted by Gasteiger charge is -2.36. The monoisotopic (exact) mass is 263 g/mol. The first-order chi connectivity index (χ1) is 8.94. The van der Waals surface area contributed by atoms with Gasteiger partial charge in [0.05, 0.1) is 0 Å². The average Bonchev–Trinajstić information content (AvgIpc) is 2.22. The lowest BCUT2D eigenvalue weighted by atomic mass is 9.73. The SMILES string of the molecule is CC(C)(C)NCC(Cc1cccc(F)c1)C1CCC1. The van der Waals surface area contributed by atoms with Crippen molar-refractivity contribution in [3.8, 4) is 0 Å². The van der Waals surface area contributed by atoms with E-state index in [1.165, 1.54) is 25.3 Å². The zero-order valence-electron chi connectivity index (χ0n) is 12.4. The summed E-state index contributed by atoms with van der Waals surface area (Å²) in [7, 11) is 0. The minimum atomic E-state index is -0.117. The molecule has 1 atom stereocenters. The van der Waals surface area contributed by atoms with Gasteiger partial charge in [-0.1, -0.05) is 31.4 Å². The van der Waals surface area contributed by atoms with Crippen LogP contribution in [0.2, 0.25) is 0 Å². The molecule has 0 radical (unpaired) electrons. The molecule has 1 aliphatic carbocycles. The molecule has 0 bridgehead atoms. The molecule has 0 heterocycles. The van der Waals surface area contributed by atoms with Crippen molar-refractivity contribution in [2.24, 2.45) is 11.8 Å². The van der Waals surface area contributed by atoms with Gasteiger partial charge in [0, 0.05) is 5.54 Å². The summed E-state index contributed by atoms with van der Waals surface area (Å²) >= 11 is 0. The Balaban J connectivity index is 1.97. The molecular formula is C17H26FN. The molecule has 0 aromatic heterocycles. The largest absolute Gasteiger partial charge is 0.312 e. The van der Waals surface area contributed by atoms with Crippen molar-refractivity contribution < 1.29 is 4.39 Å². The second-order valence-electron chi connectivity index (χ2n) is 6.92. The summed E-state index contributed by atoms with van der Waals surface area (Å²) in [5.41, 5.74) is 1.29. The van der Waals surface area contributed by atoms with E-state index in [2.05, 4.69) is 26.1 Å². The highest BCUT2D eigenvalue weighted by Crippen LogP contribution is 2.35. The van der Waals surface area contributed by atoms with Crippen LogP contribution in [0, 0.1) is 17.7 Å². The highest BCUT2D eigenvalue weighted by atomic mass is 19.1. The molecule has 1 nitrogen and oxygen atoms in total. The van der Waals surface area contributed by atoms with E-state index in [-0.39, 0.29) is 11.4 Å². The maximum absolute atomic E-state index is 13.3. The summed E-state index contributed by atoms with van der Waals surface area (Å²) in [6.45, 7) is 7.64. The van der Waals surface area contributed by atoms with Gasteiger partial charge < -0.3 is 5.32 Å². The summed E-state index contributed by atoms with van der Waals surface area (Å²) < 4.78 is 13.3. The van der Waals surface area contributed by atoms with Crippen molar-refractivity contribution in [1.82, 2.24) is 5.32 Å². The van der Waals surface area contributed by atoms with Gasteiger partial charge in [-0.2, -0.15) is 0 Å². The van der Waals surface area contributed by atoms with Gasteiger partial charge >= 0.3 is 0 Å². The Bertz CT molecular complexity index is 404. The molecule has 1 aliphatic rings. The number of benzene rings is 1. The molecule has 2 heteroatoms. The predicted octanol–water partition coefficient (Wildman–Crippen LogP) is 4.17. The van der Waals surface area contributed by atoms with Gasteiger partial charge in [-0.25, -0.2) is 4.39 Å². The Morgan fingerprint density at radius 2 is 2.05 bits per heavy atom. The minimum Gasteiger partial charge on any atom is -0.312 e. The summed E-state index contributed by atoms with van der Waals surface area (Å²) in [5.74, 6) is 1.33. The molecule has 1 aromatic carbocycles. The fourth-order valence-electron chi connectivity index (χ4n) is 2.72. The predicted molar refractivity (Wildman–Crippen MR) is 78.7 cm³/mol. The second kappa shape index (κ2) is 6.04. The highest BCUT2D eigenvalue weighted by Gasteiger charge is 2.28. The van der Waals surface area contributed by atoms with Gasteiger partial charge in [-0.05, 0) is 63.3 Å². The maximum atomic E-state index is 13.3. The van der Waals surface area contributed by atoms with Crippen molar-refractivity contribution in [2.75, 3.05) is 6.54 Å². The first kappa shape index (κ1) is 14.5. The van der Waals surface area contributed by atoms with Gasteiger partial charge in [0.2, 0.25) is 0 Å². The molecule has 106 valence electrons. The molecule has 1 N–H and O–H groups in total. The van der Waals surface area contributed by atoms with Crippen LogP contribution in [0.5, 0.6) is 0 Å². The van der Waals surface area contributed by atoms with E-state index >= 15 is 0 Å². The van der Waals surface area contributed by atoms with Crippen LogP contribution in [0.3, 0.4) is 0 Å². The zero-order chi connectivity index (χ0) is 13.9. The topological polar surface area (TPSA) is 12.0 Å². The standard InChI is InChI=1S/C17H26FN/c1-17(2,3)19-12-15(14-7-5-8-14)10-13-6-4-9-16(18)11-13/h4,6,9,11,14-15,19H,5,7-8,10,12H2,1-3H3. The molecule has 2 rings (SSSR count). The van der Waals surface area contributed by atoms with Crippen LogP contribution in [0.25, 0.3) is 0 Å². The number of rotatable bonds is 5. The molecule has 0 aliphatic heterocycles. The number of hydrogen-bond donors (Lipinski definition) is 1. The van der Waals surface area contributed by atoms with Gasteiger partial charge in [0.1, 0.15) is 5.82 Å². The summed E-state index contributed by atoms with van der Waals surface area (Å²) in [6.07, 6.45) is 5.03. The van der Waals surface area contributed by atoms with Crippen molar-refractivity contribution in [2.45, 2.75) is 52.0 Å². The van der Waals surface area contributed by atoms with Crippen LogP contribution >= 0.6 is 0 Å². The fraction of sp³-hybridized carbons (Fsp3) is 0.647. The molecule has 1 aromatic rings. The molecular weight excluding hydrogens is 237 g/mol. The summed E-state index contributed by atoms with van der Waals surface area (Å²) in [5, 5.41) is 3.61. The van der Waals surface area contributed by atoms with Crippen LogP contribution in [-0.2, 0) is 6.42 Å². The number of nitrogens with one attached hydrogen (secondary N) is 1. The average molecular weight is 263 g/mol. The van der Waals surface area contributed by atoms with Crippen molar-refractivity contribution in [3.63, 3.8) is 0 Å². The van der Waals surface area contributed by atoms with Crippen molar-refractivity contribution >= 4 is 0 Å². The fourth-order valence-corrected chi connectivity index (χ4v) is 2.72. The molecule has 1 fully saturated rings. The first-order valence-electron chi connectivity index (χ1n) is 7.43. The van der Waals surface area contributed by atoms with E-state index < -0.39 is 0 Å². The second-order valence-corrected chi connectivity index (χ2v) is 6.92. The third kappa shape index (κ3) is 4.61. The highest BCUT2D eigenvalue weighted by molar-refractivity contribution is 5.17. The number of hydrogen-bond acceptors (Lipinski definition) is 1. The third-order valence-corrected chi connectivity index (χ3v) is 4.10. The summed E-state index contributed by atoms with van der Waals surface area (Å²) in [4.78, 5) is 0. The Labute approximate surface area is 116 Å². The van der Waals surface area contributed by atoms with E-state index in [1.54, 1.807) is 6.07 Å². The third-order valence-electron chi connectivity index (χ3n) is 4.10. The van der Waals surface area contributed by atoms with E-state index in [1.807, 2.05) is 12.1 Å². The molecule has 1 saturated carbocycles. The van der Waals surface area contributed by atoms with E-state index in [4.69, 9.17) is 0 Å². The van der Waals surface area contributed by atoms with Crippen LogP contribution in [0.15, 0.2) is 24.3 Å². The molecule has 0 saturated heterocycles. The molecule has 0 spiro atoms. The van der Waals surface area contributed by atoms with Crippen LogP contribution in [0.4, 0.5) is 4.39 Å². The molecule has 0 amide bonds. The van der Waals surface area contributed by atoms with Crippen LogP contribution < -0.4 is 5.32 Å². The van der Waals surface area contributed by atoms with E-state index in [9.17, 15) is 4.39 Å². The maximum Gasteiger partial charge on any atom is 0.123 e. The smallest absolute Gasteiger partial charge is 0.123 e. The Hall–Kier alpha value is -0.890. The van der Waals surface area contributed by atoms with Gasteiger partial charge in [-0.3, -0.25) is 0 Å². The first-order valence-corrected chi connectivity index (χ1v) is 7.43. The van der Waals surface area contributed by atoms with E-state index in [0.29, 0.717) is 5.92 Å². The normalized spacial score (nSPS) is 18.1. The zero-order valence-corrected chi connectivity index (χ0v) is 12.4. The van der Waals surface area contributed by atoms with Crippen molar-refractivity contribution in [1.29, 1.82) is 0 Å². The lowest BCUT2D eigenvalue weighted by Crippen LogP contribution is -2.42. The minimum absolute atomic E-state index is 0.117. The molecule has 1 unspecified atom stereocenters. The quantitative estimate of drug-likeness (QED) is 0.840. The van der Waals surface area contributed by atoms with Gasteiger partial charge in [-0.15, -0.1) is 0 Å². The number of halogens is 1.